The molecule has 1 aromatic carbocycles. The van der Waals surface area contributed by atoms with Gasteiger partial charge < -0.3 is 10.3 Å². The van der Waals surface area contributed by atoms with Crippen LogP contribution in [0.4, 0.5) is 11.5 Å². The zero-order valence-electron chi connectivity index (χ0n) is 12.1. The van der Waals surface area contributed by atoms with Gasteiger partial charge in [-0.15, -0.1) is 5.10 Å². The van der Waals surface area contributed by atoms with E-state index >= 15 is 0 Å². The monoisotopic (exact) mass is 334 g/mol. The molecule has 3 aromatic rings. The summed E-state index contributed by atoms with van der Waals surface area (Å²) in [6.45, 7) is -0.0854. The highest BCUT2D eigenvalue weighted by molar-refractivity contribution is 7.92. The predicted octanol–water partition coefficient (Wildman–Crippen LogP) is 0.770. The van der Waals surface area contributed by atoms with Crippen LogP contribution in [-0.2, 0) is 21.4 Å². The molecule has 0 fully saturated rings. The number of hydrogen-bond acceptors (Lipinski definition) is 5. The van der Waals surface area contributed by atoms with Gasteiger partial charge in [0.05, 0.1) is 18.1 Å². The third kappa shape index (κ3) is 3.66. The Kier molecular flexibility index (Phi) is 3.74. The number of sulfonamides is 1. The SMILES string of the molecule is CS(=O)(=O)Nc1cn(CC(=O)Nc2c[nH]c3ccccc23)nn1. The predicted molar refractivity (Wildman–Crippen MR) is 85.4 cm³/mol. The maximum atomic E-state index is 12.1. The van der Waals surface area contributed by atoms with Crippen molar-refractivity contribution < 1.29 is 13.2 Å². The van der Waals surface area contributed by atoms with Crippen LogP contribution < -0.4 is 10.0 Å². The van der Waals surface area contributed by atoms with Crippen LogP contribution in [0, 0.1) is 0 Å². The molecule has 0 aliphatic heterocycles. The topological polar surface area (TPSA) is 122 Å². The van der Waals surface area contributed by atoms with Crippen LogP contribution >= 0.6 is 0 Å². The van der Waals surface area contributed by atoms with Gasteiger partial charge in [-0.1, -0.05) is 23.4 Å². The first-order valence-electron chi connectivity index (χ1n) is 6.64. The number of para-hydroxylation sites is 1. The van der Waals surface area contributed by atoms with Gasteiger partial charge in [-0.2, -0.15) is 0 Å². The van der Waals surface area contributed by atoms with Gasteiger partial charge >= 0.3 is 0 Å². The molecule has 120 valence electrons. The molecule has 3 rings (SSSR count). The van der Waals surface area contributed by atoms with E-state index in [-0.39, 0.29) is 18.3 Å². The second kappa shape index (κ2) is 5.72. The summed E-state index contributed by atoms with van der Waals surface area (Å²) < 4.78 is 25.6. The Hall–Kier alpha value is -2.88. The molecular formula is C13H14N6O3S. The first-order chi connectivity index (χ1) is 10.9. The lowest BCUT2D eigenvalue weighted by Crippen LogP contribution is -2.19. The summed E-state index contributed by atoms with van der Waals surface area (Å²) in [5.74, 6) is -0.238. The summed E-state index contributed by atoms with van der Waals surface area (Å²) in [7, 11) is -3.43. The van der Waals surface area contributed by atoms with Crippen molar-refractivity contribution in [1.29, 1.82) is 0 Å². The number of aromatic nitrogens is 4. The highest BCUT2D eigenvalue weighted by Gasteiger charge is 2.11. The van der Waals surface area contributed by atoms with Crippen LogP contribution in [-0.4, -0.2) is 40.6 Å². The van der Waals surface area contributed by atoms with Crippen molar-refractivity contribution in [2.24, 2.45) is 0 Å². The van der Waals surface area contributed by atoms with E-state index in [0.717, 1.165) is 17.2 Å². The molecule has 0 spiro atoms. The minimum absolute atomic E-state index is 0.0624. The molecular weight excluding hydrogens is 320 g/mol. The summed E-state index contributed by atoms with van der Waals surface area (Å²) in [4.78, 5) is 15.1. The van der Waals surface area contributed by atoms with Crippen molar-refractivity contribution in [3.05, 3.63) is 36.7 Å². The van der Waals surface area contributed by atoms with Gasteiger partial charge in [0.2, 0.25) is 15.9 Å². The van der Waals surface area contributed by atoms with E-state index in [4.69, 9.17) is 0 Å². The maximum Gasteiger partial charge on any atom is 0.246 e. The van der Waals surface area contributed by atoms with E-state index in [1.807, 2.05) is 24.3 Å². The van der Waals surface area contributed by atoms with Crippen molar-refractivity contribution in [1.82, 2.24) is 20.0 Å². The van der Waals surface area contributed by atoms with Crippen molar-refractivity contribution >= 4 is 38.3 Å². The van der Waals surface area contributed by atoms with Gasteiger partial charge in [0.25, 0.3) is 0 Å². The fraction of sp³-hybridized carbons (Fsp3) is 0.154. The molecule has 0 aliphatic rings. The van der Waals surface area contributed by atoms with Gasteiger partial charge in [-0.05, 0) is 6.07 Å². The number of carbonyl (C=O) groups is 1. The number of fused-ring (bicyclic) bond motifs is 1. The molecule has 23 heavy (non-hydrogen) atoms. The summed E-state index contributed by atoms with van der Waals surface area (Å²) >= 11 is 0. The minimum atomic E-state index is -3.43. The van der Waals surface area contributed by atoms with Crippen LogP contribution in [0.25, 0.3) is 10.9 Å². The number of amides is 1. The van der Waals surface area contributed by atoms with Gasteiger partial charge in [-0.25, -0.2) is 13.1 Å². The average Bonchev–Trinajstić information content (AvgIpc) is 3.05. The molecule has 0 saturated carbocycles. The van der Waals surface area contributed by atoms with Crippen LogP contribution in [0.1, 0.15) is 0 Å². The van der Waals surface area contributed by atoms with E-state index in [0.29, 0.717) is 5.69 Å². The van der Waals surface area contributed by atoms with E-state index in [2.05, 4.69) is 25.3 Å². The molecule has 0 atom stereocenters. The summed E-state index contributed by atoms with van der Waals surface area (Å²) in [6, 6.07) is 7.58. The highest BCUT2D eigenvalue weighted by Crippen LogP contribution is 2.22. The first kappa shape index (κ1) is 15.0. The molecule has 0 saturated heterocycles. The van der Waals surface area contributed by atoms with E-state index in [1.54, 1.807) is 6.20 Å². The number of nitrogens with zero attached hydrogens (tertiary/aromatic N) is 3. The second-order valence-electron chi connectivity index (χ2n) is 4.97. The average molecular weight is 334 g/mol. The lowest BCUT2D eigenvalue weighted by atomic mass is 10.2. The van der Waals surface area contributed by atoms with Gasteiger partial charge in [0, 0.05) is 17.1 Å². The lowest BCUT2D eigenvalue weighted by Gasteiger charge is -2.03. The minimum Gasteiger partial charge on any atom is -0.359 e. The Balaban J connectivity index is 1.68. The molecule has 0 radical (unpaired) electrons. The molecule has 1 amide bonds. The van der Waals surface area contributed by atoms with Crippen molar-refractivity contribution in [2.45, 2.75) is 6.54 Å². The number of nitrogens with one attached hydrogen (secondary N) is 3. The second-order valence-corrected chi connectivity index (χ2v) is 6.72. The molecule has 3 N–H and O–H groups in total. The number of aromatic amines is 1. The molecule has 0 aliphatic carbocycles. The van der Waals surface area contributed by atoms with Crippen LogP contribution in [0.5, 0.6) is 0 Å². The fourth-order valence-corrected chi connectivity index (χ4v) is 2.60. The molecule has 2 aromatic heterocycles. The quantitative estimate of drug-likeness (QED) is 0.636. The summed E-state index contributed by atoms with van der Waals surface area (Å²) in [5.41, 5.74) is 1.59. The summed E-state index contributed by atoms with van der Waals surface area (Å²) in [6.07, 6.45) is 4.06. The molecule has 0 bridgehead atoms. The van der Waals surface area contributed by atoms with Crippen LogP contribution in [0.15, 0.2) is 36.7 Å². The Labute approximate surface area is 131 Å². The number of rotatable bonds is 5. The number of carbonyl (C=O) groups excluding carboxylic acids is 1. The van der Waals surface area contributed by atoms with E-state index < -0.39 is 10.0 Å². The standard InChI is InChI=1S/C13H14N6O3S/c1-23(21,22)17-12-7-19(18-16-12)8-13(20)15-11-6-14-10-5-3-2-4-9(10)11/h2-7,14,17H,8H2,1H3,(H,15,20). The van der Waals surface area contributed by atoms with Gasteiger partial charge in [0.1, 0.15) is 6.54 Å². The maximum absolute atomic E-state index is 12.1. The molecule has 10 heteroatoms. The Morgan fingerprint density at radius 2 is 2.13 bits per heavy atom. The smallest absolute Gasteiger partial charge is 0.246 e. The number of H-pyrrole nitrogens is 1. The van der Waals surface area contributed by atoms with E-state index in [9.17, 15) is 13.2 Å². The third-order valence-electron chi connectivity index (χ3n) is 3.00. The van der Waals surface area contributed by atoms with Crippen molar-refractivity contribution in [3.63, 3.8) is 0 Å². The van der Waals surface area contributed by atoms with Crippen molar-refractivity contribution in [3.8, 4) is 0 Å². The Morgan fingerprint density at radius 3 is 2.91 bits per heavy atom. The summed E-state index contributed by atoms with van der Waals surface area (Å²) in [5, 5.41) is 11.0. The molecule has 0 unspecified atom stereocenters. The molecule has 2 heterocycles. The first-order valence-corrected chi connectivity index (χ1v) is 8.54. The number of anilines is 2. The number of benzene rings is 1. The van der Waals surface area contributed by atoms with Gasteiger partial charge in [-0.3, -0.25) is 9.52 Å². The Bertz CT molecular complexity index is 959. The fourth-order valence-electron chi connectivity index (χ4n) is 2.12. The normalized spacial score (nSPS) is 11.5. The van der Waals surface area contributed by atoms with E-state index in [1.165, 1.54) is 10.9 Å². The highest BCUT2D eigenvalue weighted by atomic mass is 32.2. The lowest BCUT2D eigenvalue weighted by molar-refractivity contribution is -0.116. The van der Waals surface area contributed by atoms with Gasteiger partial charge in [0.15, 0.2) is 5.82 Å². The zero-order valence-corrected chi connectivity index (χ0v) is 13.0. The zero-order chi connectivity index (χ0) is 16.4. The third-order valence-corrected chi connectivity index (χ3v) is 3.58. The van der Waals surface area contributed by atoms with Crippen LogP contribution in [0.2, 0.25) is 0 Å². The number of hydrogen-bond donors (Lipinski definition) is 3. The van der Waals surface area contributed by atoms with Crippen LogP contribution in [0.3, 0.4) is 0 Å². The largest absolute Gasteiger partial charge is 0.359 e. The van der Waals surface area contributed by atoms with Crippen molar-refractivity contribution in [2.75, 3.05) is 16.3 Å². The Morgan fingerprint density at radius 1 is 1.35 bits per heavy atom. The molecule has 9 nitrogen and oxygen atoms in total.